The van der Waals surface area contributed by atoms with E-state index in [2.05, 4.69) is 25.2 Å². The van der Waals surface area contributed by atoms with Crippen molar-refractivity contribution in [3.63, 3.8) is 0 Å². The highest BCUT2D eigenvalue weighted by Gasteiger charge is 2.28. The van der Waals surface area contributed by atoms with Crippen LogP contribution in [-0.4, -0.2) is 50.8 Å². The second kappa shape index (κ2) is 8.00. The summed E-state index contributed by atoms with van der Waals surface area (Å²) < 4.78 is 0. The third-order valence-corrected chi connectivity index (χ3v) is 5.70. The average Bonchev–Trinajstić information content (AvgIpc) is 3.17. The summed E-state index contributed by atoms with van der Waals surface area (Å²) in [6, 6.07) is 6.95. The van der Waals surface area contributed by atoms with Crippen LogP contribution in [0.1, 0.15) is 41.6 Å². The van der Waals surface area contributed by atoms with E-state index in [0.717, 1.165) is 36.8 Å². The van der Waals surface area contributed by atoms with Crippen LogP contribution in [-0.2, 0) is 4.79 Å². The molecule has 0 unspecified atom stereocenters. The minimum absolute atomic E-state index is 0.104. The van der Waals surface area contributed by atoms with Gasteiger partial charge in [-0.3, -0.25) is 19.8 Å². The molecule has 8 heteroatoms. The fourth-order valence-corrected chi connectivity index (χ4v) is 3.98. The number of carbonyl (C=O) groups excluding carboxylic acids is 2. The van der Waals surface area contributed by atoms with Crippen LogP contribution in [0, 0.1) is 0 Å². The number of carbonyl (C=O) groups is 2. The van der Waals surface area contributed by atoms with Crippen LogP contribution in [0.4, 0.5) is 5.95 Å². The second-order valence-corrected chi connectivity index (χ2v) is 7.42. The van der Waals surface area contributed by atoms with Gasteiger partial charge < -0.3 is 10.7 Å². The molecule has 0 bridgehead atoms. The normalized spacial score (nSPS) is 16.6. The number of likely N-dealkylation sites (tertiary alicyclic amines) is 1. The van der Waals surface area contributed by atoms with Crippen LogP contribution in [0.3, 0.4) is 0 Å². The Balaban J connectivity index is 1.41. The number of nitrogens with two attached hydrogens (primary N) is 1. The van der Waals surface area contributed by atoms with Gasteiger partial charge in [-0.15, -0.1) is 0 Å². The number of aromatic nitrogens is 3. The molecule has 1 aromatic carbocycles. The summed E-state index contributed by atoms with van der Waals surface area (Å²) >= 11 is 0. The maximum atomic E-state index is 12.5. The molecule has 1 aliphatic rings. The Morgan fingerprint density at radius 3 is 2.66 bits per heavy atom. The first-order valence-corrected chi connectivity index (χ1v) is 9.75. The molecule has 0 radical (unpaired) electrons. The van der Waals surface area contributed by atoms with Gasteiger partial charge in [0, 0.05) is 35.1 Å². The number of piperidine rings is 1. The number of H-pyrrole nitrogens is 1. The van der Waals surface area contributed by atoms with Crippen LogP contribution in [0.15, 0.2) is 42.9 Å². The van der Waals surface area contributed by atoms with Crippen LogP contribution in [0.5, 0.6) is 0 Å². The van der Waals surface area contributed by atoms with Crippen molar-refractivity contribution < 1.29 is 9.59 Å². The fraction of sp³-hybridized carbons (Fsp3) is 0.333. The molecule has 2 aromatic heterocycles. The number of nitrogens with zero attached hydrogens (tertiary/aromatic N) is 3. The highest BCUT2D eigenvalue weighted by molar-refractivity contribution is 5.98. The second-order valence-electron chi connectivity index (χ2n) is 7.42. The topological polar surface area (TPSA) is 117 Å². The number of nitrogens with one attached hydrogen (secondary N) is 2. The van der Waals surface area contributed by atoms with E-state index >= 15 is 0 Å². The van der Waals surface area contributed by atoms with Gasteiger partial charge in [0.25, 0.3) is 0 Å². The standard InChI is InChI=1S/C21H24N6O2/c1-13(20(29)26-21-23-7-2-8-24-21)27-9-5-14(6-10-27)17-12-25-18-4-3-15(19(22)28)11-16(17)18/h2-4,7-8,11-14,25H,5-6,9-10H2,1H3,(H2,22,28)(H,23,24,26,29)/t13-/m0/s1. The van der Waals surface area contributed by atoms with Crippen LogP contribution in [0.2, 0.25) is 0 Å². The molecule has 3 heterocycles. The summed E-state index contributed by atoms with van der Waals surface area (Å²) in [5.74, 6) is 0.170. The summed E-state index contributed by atoms with van der Waals surface area (Å²) in [5, 5.41) is 3.82. The van der Waals surface area contributed by atoms with Gasteiger partial charge in [-0.1, -0.05) is 0 Å². The Kier molecular flexibility index (Phi) is 5.26. The quantitative estimate of drug-likeness (QED) is 0.616. The first-order valence-electron chi connectivity index (χ1n) is 9.75. The third kappa shape index (κ3) is 3.97. The Labute approximate surface area is 168 Å². The zero-order valence-electron chi connectivity index (χ0n) is 16.3. The Morgan fingerprint density at radius 2 is 1.97 bits per heavy atom. The van der Waals surface area contributed by atoms with Gasteiger partial charge in [0.1, 0.15) is 0 Å². The molecule has 1 atom stereocenters. The van der Waals surface area contributed by atoms with E-state index < -0.39 is 5.91 Å². The first-order chi connectivity index (χ1) is 14.0. The molecular formula is C21H24N6O2. The Hall–Kier alpha value is -3.26. The van der Waals surface area contributed by atoms with E-state index in [0.29, 0.717) is 17.4 Å². The predicted octanol–water partition coefficient (Wildman–Crippen LogP) is 2.26. The molecule has 0 spiro atoms. The number of hydrogen-bond acceptors (Lipinski definition) is 5. The van der Waals surface area contributed by atoms with Crippen molar-refractivity contribution in [1.29, 1.82) is 0 Å². The molecular weight excluding hydrogens is 368 g/mol. The molecule has 1 aliphatic heterocycles. The lowest BCUT2D eigenvalue weighted by Gasteiger charge is -2.35. The molecule has 29 heavy (non-hydrogen) atoms. The van der Waals surface area contributed by atoms with Crippen molar-refractivity contribution >= 4 is 28.7 Å². The van der Waals surface area contributed by atoms with Crippen molar-refractivity contribution in [1.82, 2.24) is 19.9 Å². The van der Waals surface area contributed by atoms with Crippen molar-refractivity contribution in [2.45, 2.75) is 31.7 Å². The van der Waals surface area contributed by atoms with Gasteiger partial charge in [-0.2, -0.15) is 0 Å². The number of fused-ring (bicyclic) bond motifs is 1. The zero-order valence-corrected chi connectivity index (χ0v) is 16.3. The lowest BCUT2D eigenvalue weighted by molar-refractivity contribution is -0.121. The summed E-state index contributed by atoms with van der Waals surface area (Å²) in [4.78, 5) is 37.6. The highest BCUT2D eigenvalue weighted by Crippen LogP contribution is 2.34. The molecule has 4 rings (SSSR count). The third-order valence-electron chi connectivity index (χ3n) is 5.70. The number of benzene rings is 1. The summed E-state index contributed by atoms with van der Waals surface area (Å²) in [7, 11) is 0. The van der Waals surface area contributed by atoms with Gasteiger partial charge in [0.05, 0.1) is 6.04 Å². The molecule has 8 nitrogen and oxygen atoms in total. The molecule has 3 aromatic rings. The van der Waals surface area contributed by atoms with E-state index in [1.807, 2.05) is 25.3 Å². The average molecular weight is 392 g/mol. The van der Waals surface area contributed by atoms with E-state index in [-0.39, 0.29) is 11.9 Å². The largest absolute Gasteiger partial charge is 0.366 e. The maximum Gasteiger partial charge on any atom is 0.248 e. The molecule has 150 valence electrons. The van der Waals surface area contributed by atoms with E-state index in [9.17, 15) is 9.59 Å². The molecule has 1 saturated heterocycles. The number of anilines is 1. The first kappa shape index (κ1) is 19.1. The summed E-state index contributed by atoms with van der Waals surface area (Å²) in [6.07, 6.45) is 7.10. The lowest BCUT2D eigenvalue weighted by atomic mass is 9.88. The van der Waals surface area contributed by atoms with Gasteiger partial charge in [0.15, 0.2) is 0 Å². The molecule has 2 amide bonds. The molecule has 1 fully saturated rings. The van der Waals surface area contributed by atoms with Crippen LogP contribution < -0.4 is 11.1 Å². The van der Waals surface area contributed by atoms with E-state index in [1.165, 1.54) is 5.56 Å². The molecule has 0 aliphatic carbocycles. The smallest absolute Gasteiger partial charge is 0.248 e. The number of hydrogen-bond donors (Lipinski definition) is 3. The number of aromatic amines is 1. The van der Waals surface area contributed by atoms with E-state index in [4.69, 9.17) is 5.73 Å². The van der Waals surface area contributed by atoms with Gasteiger partial charge in [0.2, 0.25) is 17.8 Å². The Morgan fingerprint density at radius 1 is 1.24 bits per heavy atom. The van der Waals surface area contributed by atoms with Gasteiger partial charge in [-0.25, -0.2) is 9.97 Å². The monoisotopic (exact) mass is 392 g/mol. The minimum Gasteiger partial charge on any atom is -0.366 e. The maximum absolute atomic E-state index is 12.5. The van der Waals surface area contributed by atoms with Crippen LogP contribution >= 0.6 is 0 Å². The van der Waals surface area contributed by atoms with Crippen LogP contribution in [0.25, 0.3) is 10.9 Å². The SMILES string of the molecule is C[C@@H](C(=O)Nc1ncccn1)N1CCC(c2c[nH]c3ccc(C(N)=O)cc23)CC1. The molecule has 4 N–H and O–H groups in total. The lowest BCUT2D eigenvalue weighted by Crippen LogP contribution is -2.45. The fourth-order valence-electron chi connectivity index (χ4n) is 3.98. The van der Waals surface area contributed by atoms with Crippen molar-refractivity contribution in [3.05, 3.63) is 54.0 Å². The number of amides is 2. The predicted molar refractivity (Wildman–Crippen MR) is 110 cm³/mol. The van der Waals surface area contributed by atoms with Crippen molar-refractivity contribution in [3.8, 4) is 0 Å². The Bertz CT molecular complexity index is 1020. The number of rotatable bonds is 5. The van der Waals surface area contributed by atoms with E-state index in [1.54, 1.807) is 24.5 Å². The van der Waals surface area contributed by atoms with Crippen molar-refractivity contribution in [2.75, 3.05) is 18.4 Å². The zero-order chi connectivity index (χ0) is 20.4. The van der Waals surface area contributed by atoms with Gasteiger partial charge >= 0.3 is 0 Å². The summed E-state index contributed by atoms with van der Waals surface area (Å²) in [5.41, 5.74) is 8.16. The highest BCUT2D eigenvalue weighted by atomic mass is 16.2. The molecule has 0 saturated carbocycles. The summed E-state index contributed by atoms with van der Waals surface area (Å²) in [6.45, 7) is 3.54. The minimum atomic E-state index is -0.420. The van der Waals surface area contributed by atoms with Gasteiger partial charge in [-0.05, 0) is 68.6 Å². The van der Waals surface area contributed by atoms with Crippen molar-refractivity contribution in [2.24, 2.45) is 5.73 Å². The number of primary amides is 1.